The van der Waals surface area contributed by atoms with Gasteiger partial charge in [0.05, 0.1) is 16.8 Å². The number of hydrogen-bond acceptors (Lipinski definition) is 4. The van der Waals surface area contributed by atoms with Gasteiger partial charge in [0.15, 0.2) is 9.84 Å². The zero-order valence-electron chi connectivity index (χ0n) is 10.9. The van der Waals surface area contributed by atoms with Crippen LogP contribution >= 0.6 is 0 Å². The number of nitrogens with zero attached hydrogens (tertiary/aromatic N) is 2. The van der Waals surface area contributed by atoms with Gasteiger partial charge in [-0.25, -0.2) is 13.4 Å². The third kappa shape index (κ3) is 3.54. The van der Waals surface area contributed by atoms with Crippen LogP contribution in [0.4, 0.5) is 0 Å². The van der Waals surface area contributed by atoms with Crippen LogP contribution in [-0.2, 0) is 22.9 Å². The van der Waals surface area contributed by atoms with E-state index in [0.29, 0.717) is 13.1 Å². The highest BCUT2D eigenvalue weighted by Gasteiger charge is 2.29. The van der Waals surface area contributed by atoms with Gasteiger partial charge in [-0.05, 0) is 20.8 Å². The van der Waals surface area contributed by atoms with Crippen molar-refractivity contribution in [2.45, 2.75) is 38.6 Å². The topological polar surface area (TPSA) is 64.0 Å². The summed E-state index contributed by atoms with van der Waals surface area (Å²) >= 11 is 0. The first-order valence-corrected chi connectivity index (χ1v) is 7.56. The van der Waals surface area contributed by atoms with Crippen molar-refractivity contribution in [2.75, 3.05) is 12.8 Å². The van der Waals surface area contributed by atoms with Gasteiger partial charge in [-0.1, -0.05) is 0 Å². The SMILES string of the molecule is CCn1cncc1CNCC(C)(C)S(C)(=O)=O. The first-order chi connectivity index (χ1) is 7.78. The zero-order chi connectivity index (χ0) is 13.1. The largest absolute Gasteiger partial charge is 0.334 e. The van der Waals surface area contributed by atoms with Gasteiger partial charge in [0.2, 0.25) is 0 Å². The second-order valence-electron chi connectivity index (χ2n) is 4.81. The van der Waals surface area contributed by atoms with Crippen molar-refractivity contribution in [2.24, 2.45) is 0 Å². The number of aryl methyl sites for hydroxylation is 1. The second kappa shape index (κ2) is 5.18. The van der Waals surface area contributed by atoms with Crippen LogP contribution in [-0.4, -0.2) is 35.5 Å². The molecule has 0 saturated carbocycles. The molecule has 5 nitrogen and oxygen atoms in total. The molecule has 0 aliphatic carbocycles. The molecule has 0 bridgehead atoms. The minimum absolute atomic E-state index is 0.431. The Balaban J connectivity index is 2.54. The maximum atomic E-state index is 11.5. The Hall–Kier alpha value is -0.880. The number of rotatable bonds is 6. The Morgan fingerprint density at radius 2 is 2.12 bits per heavy atom. The van der Waals surface area contributed by atoms with Crippen molar-refractivity contribution >= 4 is 9.84 Å². The fraction of sp³-hybridized carbons (Fsp3) is 0.727. The van der Waals surface area contributed by atoms with E-state index in [1.807, 2.05) is 11.5 Å². The summed E-state index contributed by atoms with van der Waals surface area (Å²) in [5, 5.41) is 3.17. The molecule has 0 aliphatic heterocycles. The van der Waals surface area contributed by atoms with Crippen molar-refractivity contribution < 1.29 is 8.42 Å². The highest BCUT2D eigenvalue weighted by Crippen LogP contribution is 2.13. The molecule has 0 fully saturated rings. The number of sulfone groups is 1. The van der Waals surface area contributed by atoms with E-state index in [4.69, 9.17) is 0 Å². The first kappa shape index (κ1) is 14.2. The van der Waals surface area contributed by atoms with Crippen molar-refractivity contribution in [3.63, 3.8) is 0 Å². The molecule has 6 heteroatoms. The summed E-state index contributed by atoms with van der Waals surface area (Å²) in [4.78, 5) is 4.06. The lowest BCUT2D eigenvalue weighted by Gasteiger charge is -2.22. The molecule has 1 aromatic heterocycles. The van der Waals surface area contributed by atoms with E-state index in [9.17, 15) is 8.42 Å². The summed E-state index contributed by atoms with van der Waals surface area (Å²) in [5.41, 5.74) is 1.07. The predicted molar refractivity (Wildman–Crippen MR) is 68.5 cm³/mol. The lowest BCUT2D eigenvalue weighted by Crippen LogP contribution is -2.41. The third-order valence-corrected chi connectivity index (χ3v) is 5.15. The van der Waals surface area contributed by atoms with E-state index in [1.165, 1.54) is 6.26 Å². The average Bonchev–Trinajstić information content (AvgIpc) is 2.63. The molecule has 0 unspecified atom stereocenters. The molecule has 17 heavy (non-hydrogen) atoms. The van der Waals surface area contributed by atoms with Crippen LogP contribution in [0.2, 0.25) is 0 Å². The molecule has 1 aromatic rings. The highest BCUT2D eigenvalue weighted by atomic mass is 32.2. The smallest absolute Gasteiger partial charge is 0.153 e. The highest BCUT2D eigenvalue weighted by molar-refractivity contribution is 7.92. The summed E-state index contributed by atoms with van der Waals surface area (Å²) in [6.45, 7) is 7.44. The third-order valence-electron chi connectivity index (χ3n) is 3.00. The number of hydrogen-bond donors (Lipinski definition) is 1. The minimum Gasteiger partial charge on any atom is -0.334 e. The Morgan fingerprint density at radius 3 is 2.65 bits per heavy atom. The molecule has 0 saturated heterocycles. The Kier molecular flexibility index (Phi) is 4.32. The van der Waals surface area contributed by atoms with Crippen LogP contribution in [0.3, 0.4) is 0 Å². The first-order valence-electron chi connectivity index (χ1n) is 5.67. The van der Waals surface area contributed by atoms with Gasteiger partial charge >= 0.3 is 0 Å². The van der Waals surface area contributed by atoms with Crippen molar-refractivity contribution in [1.29, 1.82) is 0 Å². The Labute approximate surface area is 103 Å². The summed E-state index contributed by atoms with van der Waals surface area (Å²) in [6, 6.07) is 0. The molecule has 1 rings (SSSR count). The van der Waals surface area contributed by atoms with E-state index < -0.39 is 14.6 Å². The van der Waals surface area contributed by atoms with E-state index in [1.54, 1.807) is 26.4 Å². The van der Waals surface area contributed by atoms with Crippen LogP contribution in [0.25, 0.3) is 0 Å². The molecule has 1 heterocycles. The number of imidazole rings is 1. The maximum absolute atomic E-state index is 11.5. The molecular weight excluding hydrogens is 238 g/mol. The fourth-order valence-electron chi connectivity index (χ4n) is 1.40. The van der Waals surface area contributed by atoms with E-state index in [0.717, 1.165) is 12.2 Å². The average molecular weight is 259 g/mol. The molecule has 0 amide bonds. The molecule has 1 N–H and O–H groups in total. The van der Waals surface area contributed by atoms with Crippen LogP contribution in [0.1, 0.15) is 26.5 Å². The predicted octanol–water partition coefficient (Wildman–Crippen LogP) is 0.816. The summed E-state index contributed by atoms with van der Waals surface area (Å²) in [5.74, 6) is 0. The summed E-state index contributed by atoms with van der Waals surface area (Å²) in [7, 11) is -3.04. The molecule has 98 valence electrons. The number of nitrogens with one attached hydrogen (secondary N) is 1. The van der Waals surface area contributed by atoms with Crippen LogP contribution in [0, 0.1) is 0 Å². The second-order valence-corrected chi connectivity index (χ2v) is 7.46. The quantitative estimate of drug-likeness (QED) is 0.821. The maximum Gasteiger partial charge on any atom is 0.153 e. The van der Waals surface area contributed by atoms with Crippen LogP contribution < -0.4 is 5.32 Å². The Bertz CT molecular complexity index is 463. The standard InChI is InChI=1S/C11H21N3O2S/c1-5-14-9-13-7-10(14)6-12-8-11(2,3)17(4,15)16/h7,9,12H,5-6,8H2,1-4H3. The molecular formula is C11H21N3O2S. The van der Waals surface area contributed by atoms with Gasteiger partial charge in [0.25, 0.3) is 0 Å². The van der Waals surface area contributed by atoms with Gasteiger partial charge in [0.1, 0.15) is 0 Å². The van der Waals surface area contributed by atoms with Gasteiger partial charge in [-0.15, -0.1) is 0 Å². The monoisotopic (exact) mass is 259 g/mol. The minimum atomic E-state index is -3.04. The molecule has 0 atom stereocenters. The molecule has 0 radical (unpaired) electrons. The zero-order valence-corrected chi connectivity index (χ0v) is 11.7. The molecule has 0 aromatic carbocycles. The lowest BCUT2D eigenvalue weighted by atomic mass is 10.2. The van der Waals surface area contributed by atoms with Crippen molar-refractivity contribution in [1.82, 2.24) is 14.9 Å². The summed E-state index contributed by atoms with van der Waals surface area (Å²) < 4.78 is 24.3. The fourth-order valence-corrected chi connectivity index (χ4v) is 1.77. The van der Waals surface area contributed by atoms with E-state index in [2.05, 4.69) is 10.3 Å². The van der Waals surface area contributed by atoms with Gasteiger partial charge in [-0.2, -0.15) is 0 Å². The number of aromatic nitrogens is 2. The van der Waals surface area contributed by atoms with Crippen LogP contribution in [0.15, 0.2) is 12.5 Å². The van der Waals surface area contributed by atoms with Gasteiger partial charge in [-0.3, -0.25) is 0 Å². The van der Waals surface area contributed by atoms with Gasteiger partial charge < -0.3 is 9.88 Å². The van der Waals surface area contributed by atoms with Crippen LogP contribution in [0.5, 0.6) is 0 Å². The lowest BCUT2D eigenvalue weighted by molar-refractivity contribution is 0.515. The Morgan fingerprint density at radius 1 is 1.47 bits per heavy atom. The molecule has 0 aliphatic rings. The molecule has 0 spiro atoms. The normalized spacial score (nSPS) is 12.9. The van der Waals surface area contributed by atoms with Crippen molar-refractivity contribution in [3.05, 3.63) is 18.2 Å². The van der Waals surface area contributed by atoms with Gasteiger partial charge in [0, 0.05) is 32.1 Å². The summed E-state index contributed by atoms with van der Waals surface area (Å²) in [6.07, 6.45) is 4.84. The van der Waals surface area contributed by atoms with E-state index in [-0.39, 0.29) is 0 Å². The van der Waals surface area contributed by atoms with E-state index >= 15 is 0 Å². The van der Waals surface area contributed by atoms with Crippen molar-refractivity contribution in [3.8, 4) is 0 Å².